The van der Waals surface area contributed by atoms with Crippen LogP contribution in [-0.2, 0) is 11.3 Å². The predicted octanol–water partition coefficient (Wildman–Crippen LogP) is 1.22. The highest BCUT2D eigenvalue weighted by atomic mass is 32.1. The first-order valence-electron chi connectivity index (χ1n) is 6.54. The van der Waals surface area contributed by atoms with Gasteiger partial charge in [-0.1, -0.05) is 30.3 Å². The van der Waals surface area contributed by atoms with Crippen molar-refractivity contribution in [1.29, 1.82) is 0 Å². The van der Waals surface area contributed by atoms with E-state index in [4.69, 9.17) is 0 Å². The molecule has 2 aromatic rings. The molecule has 1 aliphatic heterocycles. The minimum absolute atomic E-state index is 0.00694. The molecule has 0 saturated carbocycles. The number of benzene rings is 1. The number of carbonyl (C=O) groups is 1. The molecule has 104 valence electrons. The van der Waals surface area contributed by atoms with Gasteiger partial charge in [-0.05, 0) is 5.56 Å². The third-order valence-electron chi connectivity index (χ3n) is 3.37. The van der Waals surface area contributed by atoms with E-state index in [1.165, 1.54) is 0 Å². The second kappa shape index (κ2) is 6.13. The summed E-state index contributed by atoms with van der Waals surface area (Å²) in [7, 11) is 0. The summed E-state index contributed by atoms with van der Waals surface area (Å²) in [5.74, 6) is -0.0658. The van der Waals surface area contributed by atoms with Gasteiger partial charge in [0.2, 0.25) is 5.91 Å². The van der Waals surface area contributed by atoms with Crippen LogP contribution in [-0.4, -0.2) is 17.4 Å². The van der Waals surface area contributed by atoms with Crippen LogP contribution < -0.4 is 16.2 Å². The van der Waals surface area contributed by atoms with Gasteiger partial charge in [0, 0.05) is 18.1 Å². The number of aromatic nitrogens is 1. The molecule has 3 N–H and O–H groups in total. The molecule has 0 radical (unpaired) electrons. The van der Waals surface area contributed by atoms with E-state index in [-0.39, 0.29) is 17.9 Å². The zero-order valence-electron chi connectivity index (χ0n) is 10.9. The monoisotopic (exact) mass is 288 g/mol. The minimum Gasteiger partial charge on any atom is -0.349 e. The minimum atomic E-state index is -0.114. The molecule has 0 bridgehead atoms. The largest absolute Gasteiger partial charge is 0.349 e. The number of hydrazine groups is 1. The van der Waals surface area contributed by atoms with Crippen LogP contribution in [0.4, 0.5) is 0 Å². The number of thiazole rings is 1. The standard InChI is InChI=1S/C14H16N4OS/c19-14(16-9-12-15-6-7-20-12)11-8-17-18-13(11)10-4-2-1-3-5-10/h1-7,11,13,17-18H,8-9H2,(H,16,19). The van der Waals surface area contributed by atoms with Gasteiger partial charge in [-0.25, -0.2) is 10.4 Å². The van der Waals surface area contributed by atoms with Gasteiger partial charge in [0.1, 0.15) is 5.01 Å². The van der Waals surface area contributed by atoms with E-state index in [0.717, 1.165) is 10.6 Å². The lowest BCUT2D eigenvalue weighted by Crippen LogP contribution is -2.34. The van der Waals surface area contributed by atoms with Gasteiger partial charge in [-0.2, -0.15) is 0 Å². The molecule has 2 unspecified atom stereocenters. The Morgan fingerprint density at radius 1 is 1.40 bits per heavy atom. The Balaban J connectivity index is 1.64. The maximum Gasteiger partial charge on any atom is 0.226 e. The topological polar surface area (TPSA) is 66.0 Å². The van der Waals surface area contributed by atoms with E-state index >= 15 is 0 Å². The Morgan fingerprint density at radius 3 is 3.00 bits per heavy atom. The molecule has 2 heterocycles. The van der Waals surface area contributed by atoms with Crippen LogP contribution >= 0.6 is 11.3 Å². The molecule has 0 spiro atoms. The summed E-state index contributed by atoms with van der Waals surface area (Å²) in [5, 5.41) is 5.79. The molecular formula is C14H16N4OS. The molecular weight excluding hydrogens is 272 g/mol. The summed E-state index contributed by atoms with van der Waals surface area (Å²) in [5.41, 5.74) is 7.36. The summed E-state index contributed by atoms with van der Waals surface area (Å²) in [6.45, 7) is 1.12. The van der Waals surface area contributed by atoms with Crippen molar-refractivity contribution >= 4 is 17.2 Å². The van der Waals surface area contributed by atoms with Crippen molar-refractivity contribution in [2.45, 2.75) is 12.6 Å². The number of rotatable bonds is 4. The third kappa shape index (κ3) is 2.87. The van der Waals surface area contributed by atoms with E-state index < -0.39 is 0 Å². The van der Waals surface area contributed by atoms with Gasteiger partial charge in [0.15, 0.2) is 0 Å². The Labute approximate surface area is 121 Å². The van der Waals surface area contributed by atoms with Crippen LogP contribution in [0.1, 0.15) is 16.6 Å². The van der Waals surface area contributed by atoms with Crippen LogP contribution in [0, 0.1) is 5.92 Å². The Morgan fingerprint density at radius 2 is 2.25 bits per heavy atom. The Kier molecular flexibility index (Phi) is 4.05. The Bertz CT molecular complexity index is 558. The molecule has 20 heavy (non-hydrogen) atoms. The Hall–Kier alpha value is -1.76. The summed E-state index contributed by atoms with van der Waals surface area (Å²) in [6.07, 6.45) is 1.75. The van der Waals surface area contributed by atoms with Crippen LogP contribution in [0.25, 0.3) is 0 Å². The van der Waals surface area contributed by atoms with Gasteiger partial charge >= 0.3 is 0 Å². The molecule has 1 amide bonds. The maximum atomic E-state index is 12.3. The highest BCUT2D eigenvalue weighted by Crippen LogP contribution is 2.24. The first-order chi connectivity index (χ1) is 9.84. The van der Waals surface area contributed by atoms with Crippen LogP contribution in [0.2, 0.25) is 0 Å². The van der Waals surface area contributed by atoms with Crippen molar-refractivity contribution in [2.24, 2.45) is 5.92 Å². The van der Waals surface area contributed by atoms with Crippen LogP contribution in [0.5, 0.6) is 0 Å². The van der Waals surface area contributed by atoms with E-state index in [9.17, 15) is 4.79 Å². The number of carbonyl (C=O) groups excluding carboxylic acids is 1. The lowest BCUT2D eigenvalue weighted by atomic mass is 9.94. The molecule has 5 nitrogen and oxygen atoms in total. The normalized spacial score (nSPS) is 21.8. The molecule has 1 saturated heterocycles. The fourth-order valence-electron chi connectivity index (χ4n) is 2.35. The quantitative estimate of drug-likeness (QED) is 0.791. The molecule has 1 aromatic carbocycles. The lowest BCUT2D eigenvalue weighted by molar-refractivity contribution is -0.125. The fraction of sp³-hybridized carbons (Fsp3) is 0.286. The van der Waals surface area contributed by atoms with Gasteiger partial charge < -0.3 is 5.32 Å². The van der Waals surface area contributed by atoms with Crippen molar-refractivity contribution in [3.05, 3.63) is 52.5 Å². The van der Waals surface area contributed by atoms with Crippen LogP contribution in [0.15, 0.2) is 41.9 Å². The average molecular weight is 288 g/mol. The smallest absolute Gasteiger partial charge is 0.226 e. The summed E-state index contributed by atoms with van der Waals surface area (Å²) >= 11 is 1.55. The van der Waals surface area contributed by atoms with Gasteiger partial charge in [-0.3, -0.25) is 10.2 Å². The van der Waals surface area contributed by atoms with Crippen molar-refractivity contribution in [3.63, 3.8) is 0 Å². The van der Waals surface area contributed by atoms with E-state index in [1.807, 2.05) is 35.7 Å². The van der Waals surface area contributed by atoms with Crippen LogP contribution in [0.3, 0.4) is 0 Å². The first-order valence-corrected chi connectivity index (χ1v) is 7.42. The predicted molar refractivity (Wildman–Crippen MR) is 77.8 cm³/mol. The molecule has 1 fully saturated rings. The summed E-state index contributed by atoms with van der Waals surface area (Å²) in [4.78, 5) is 16.5. The van der Waals surface area contributed by atoms with Crippen molar-refractivity contribution in [1.82, 2.24) is 21.2 Å². The van der Waals surface area contributed by atoms with E-state index in [2.05, 4.69) is 21.2 Å². The first kappa shape index (κ1) is 13.2. The maximum absolute atomic E-state index is 12.3. The zero-order chi connectivity index (χ0) is 13.8. The van der Waals surface area contributed by atoms with Crippen molar-refractivity contribution in [2.75, 3.05) is 6.54 Å². The molecule has 1 aromatic heterocycles. The van der Waals surface area contributed by atoms with Gasteiger partial charge in [-0.15, -0.1) is 11.3 Å². The number of amides is 1. The number of hydrogen-bond donors (Lipinski definition) is 3. The second-order valence-electron chi connectivity index (χ2n) is 4.66. The number of hydrogen-bond acceptors (Lipinski definition) is 5. The highest BCUT2D eigenvalue weighted by molar-refractivity contribution is 7.09. The molecule has 2 atom stereocenters. The molecule has 3 rings (SSSR count). The molecule has 0 aliphatic carbocycles. The fourth-order valence-corrected chi connectivity index (χ4v) is 2.91. The second-order valence-corrected chi connectivity index (χ2v) is 5.64. The molecule has 1 aliphatic rings. The van der Waals surface area contributed by atoms with E-state index in [0.29, 0.717) is 13.1 Å². The summed E-state index contributed by atoms with van der Waals surface area (Å²) < 4.78 is 0. The van der Waals surface area contributed by atoms with E-state index in [1.54, 1.807) is 17.5 Å². The van der Waals surface area contributed by atoms with Crippen molar-refractivity contribution in [3.8, 4) is 0 Å². The van der Waals surface area contributed by atoms with Gasteiger partial charge in [0.05, 0.1) is 18.5 Å². The third-order valence-corrected chi connectivity index (χ3v) is 4.15. The molecule has 6 heteroatoms. The van der Waals surface area contributed by atoms with Gasteiger partial charge in [0.25, 0.3) is 0 Å². The van der Waals surface area contributed by atoms with Crippen molar-refractivity contribution < 1.29 is 4.79 Å². The SMILES string of the molecule is O=C(NCc1nccs1)C1CNNC1c1ccccc1. The highest BCUT2D eigenvalue weighted by Gasteiger charge is 2.33. The average Bonchev–Trinajstić information content (AvgIpc) is 3.17. The number of nitrogens with zero attached hydrogens (tertiary/aromatic N) is 1. The lowest BCUT2D eigenvalue weighted by Gasteiger charge is -2.18. The zero-order valence-corrected chi connectivity index (χ0v) is 11.7. The summed E-state index contributed by atoms with van der Waals surface area (Å²) in [6, 6.07) is 10.0. The number of nitrogens with one attached hydrogen (secondary N) is 3.